The van der Waals surface area contributed by atoms with Gasteiger partial charge in [0.25, 0.3) is 5.91 Å². The fraction of sp³-hybridized carbons (Fsp3) is 0.429. The van der Waals surface area contributed by atoms with Crippen LogP contribution in [0.3, 0.4) is 0 Å². The van der Waals surface area contributed by atoms with E-state index in [0.29, 0.717) is 29.2 Å². The number of nitrogens with zero attached hydrogens (tertiary/aromatic N) is 1. The number of aliphatic carboxylic acids is 1. The van der Waals surface area contributed by atoms with Crippen LogP contribution in [0.5, 0.6) is 0 Å². The molecule has 0 aliphatic carbocycles. The fourth-order valence-corrected chi connectivity index (χ4v) is 2.00. The summed E-state index contributed by atoms with van der Waals surface area (Å²) < 4.78 is 0. The number of anilines is 1. The predicted molar refractivity (Wildman–Crippen MR) is 78.9 cm³/mol. The van der Waals surface area contributed by atoms with Crippen LogP contribution in [0, 0.1) is 0 Å². The maximum absolute atomic E-state index is 12.4. The highest BCUT2D eigenvalue weighted by Crippen LogP contribution is 2.21. The topological polar surface area (TPSA) is 83.6 Å². The lowest BCUT2D eigenvalue weighted by molar-refractivity contribution is -0.137. The van der Waals surface area contributed by atoms with Crippen molar-refractivity contribution in [3.8, 4) is 0 Å². The molecule has 0 radical (unpaired) electrons. The van der Waals surface area contributed by atoms with E-state index in [1.165, 1.54) is 6.07 Å². The van der Waals surface area contributed by atoms with Crippen molar-refractivity contribution in [1.29, 1.82) is 0 Å². The van der Waals surface area contributed by atoms with Gasteiger partial charge in [-0.05, 0) is 38.5 Å². The molecule has 110 valence electrons. The number of halogens is 1. The SMILES string of the molecule is CC(C)N(CCCC(=O)O)C(=O)c1ccc(N)c(Cl)c1. The van der Waals surface area contributed by atoms with Gasteiger partial charge in [-0.15, -0.1) is 0 Å². The number of hydrogen-bond donors (Lipinski definition) is 2. The molecule has 1 aromatic carbocycles. The fourth-order valence-electron chi connectivity index (χ4n) is 1.82. The molecule has 0 saturated carbocycles. The third-order valence-electron chi connectivity index (χ3n) is 2.92. The molecule has 0 fully saturated rings. The van der Waals surface area contributed by atoms with Gasteiger partial charge >= 0.3 is 5.97 Å². The van der Waals surface area contributed by atoms with Crippen molar-refractivity contribution >= 4 is 29.2 Å². The van der Waals surface area contributed by atoms with Gasteiger partial charge in [0.15, 0.2) is 0 Å². The number of carboxylic acid groups (broad SMARTS) is 1. The molecule has 0 unspecified atom stereocenters. The first-order valence-electron chi connectivity index (χ1n) is 6.40. The van der Waals surface area contributed by atoms with Gasteiger partial charge in [-0.2, -0.15) is 0 Å². The summed E-state index contributed by atoms with van der Waals surface area (Å²) >= 11 is 5.91. The standard InChI is InChI=1S/C14H19ClN2O3/c1-9(2)17(7-3-4-13(18)19)14(20)10-5-6-12(16)11(15)8-10/h5-6,8-9H,3-4,7,16H2,1-2H3,(H,18,19). The van der Waals surface area contributed by atoms with Gasteiger partial charge in [0, 0.05) is 24.6 Å². The lowest BCUT2D eigenvalue weighted by Crippen LogP contribution is -2.37. The van der Waals surface area contributed by atoms with Gasteiger partial charge in [0.1, 0.15) is 0 Å². The Labute approximate surface area is 123 Å². The number of nitrogens with two attached hydrogens (primary N) is 1. The van der Waals surface area contributed by atoms with E-state index in [1.54, 1.807) is 17.0 Å². The molecule has 0 bridgehead atoms. The molecule has 0 aromatic heterocycles. The van der Waals surface area contributed by atoms with Crippen LogP contribution in [0.25, 0.3) is 0 Å². The van der Waals surface area contributed by atoms with E-state index in [-0.39, 0.29) is 18.4 Å². The van der Waals surface area contributed by atoms with Crippen molar-refractivity contribution in [3.63, 3.8) is 0 Å². The van der Waals surface area contributed by atoms with E-state index in [4.69, 9.17) is 22.4 Å². The molecule has 20 heavy (non-hydrogen) atoms. The first-order chi connectivity index (χ1) is 9.32. The number of carbonyl (C=O) groups excluding carboxylic acids is 1. The highest BCUT2D eigenvalue weighted by molar-refractivity contribution is 6.33. The summed E-state index contributed by atoms with van der Waals surface area (Å²) in [6.07, 6.45) is 0.459. The number of amides is 1. The minimum absolute atomic E-state index is 0.0207. The van der Waals surface area contributed by atoms with E-state index in [2.05, 4.69) is 0 Å². The summed E-state index contributed by atoms with van der Waals surface area (Å²) in [6.45, 7) is 4.17. The summed E-state index contributed by atoms with van der Waals surface area (Å²) in [4.78, 5) is 24.6. The third-order valence-corrected chi connectivity index (χ3v) is 3.25. The van der Waals surface area contributed by atoms with Crippen LogP contribution in [0.4, 0.5) is 5.69 Å². The van der Waals surface area contributed by atoms with Crippen molar-refractivity contribution < 1.29 is 14.7 Å². The van der Waals surface area contributed by atoms with E-state index in [0.717, 1.165) is 0 Å². The molecule has 6 heteroatoms. The largest absolute Gasteiger partial charge is 0.481 e. The van der Waals surface area contributed by atoms with Crippen LogP contribution in [0.2, 0.25) is 5.02 Å². The number of rotatable bonds is 6. The van der Waals surface area contributed by atoms with Crippen LogP contribution in [0.1, 0.15) is 37.0 Å². The minimum atomic E-state index is -0.864. The van der Waals surface area contributed by atoms with Gasteiger partial charge in [0.2, 0.25) is 0 Å². The highest BCUT2D eigenvalue weighted by atomic mass is 35.5. The minimum Gasteiger partial charge on any atom is -0.481 e. The third kappa shape index (κ3) is 4.42. The molecule has 1 aromatic rings. The summed E-state index contributed by atoms with van der Waals surface area (Å²) in [5, 5.41) is 8.99. The molecule has 0 aliphatic rings. The Morgan fingerprint density at radius 1 is 1.40 bits per heavy atom. The first-order valence-corrected chi connectivity index (χ1v) is 6.78. The Morgan fingerprint density at radius 2 is 2.05 bits per heavy atom. The van der Waals surface area contributed by atoms with Crippen molar-refractivity contribution in [3.05, 3.63) is 28.8 Å². The molecular weight excluding hydrogens is 280 g/mol. The van der Waals surface area contributed by atoms with Gasteiger partial charge in [-0.25, -0.2) is 0 Å². The summed E-state index contributed by atoms with van der Waals surface area (Å²) in [5.74, 6) is -1.04. The molecule has 0 aliphatic heterocycles. The number of carboxylic acids is 1. The lowest BCUT2D eigenvalue weighted by Gasteiger charge is -2.26. The second-order valence-corrected chi connectivity index (χ2v) is 5.23. The van der Waals surface area contributed by atoms with E-state index < -0.39 is 5.97 Å². The molecule has 0 atom stereocenters. The van der Waals surface area contributed by atoms with Gasteiger partial charge < -0.3 is 15.7 Å². The van der Waals surface area contributed by atoms with Gasteiger partial charge in [0.05, 0.1) is 10.7 Å². The Hall–Kier alpha value is -1.75. The van der Waals surface area contributed by atoms with E-state index in [1.807, 2.05) is 13.8 Å². The summed E-state index contributed by atoms with van der Waals surface area (Å²) in [7, 11) is 0. The number of nitrogen functional groups attached to an aromatic ring is 1. The molecular formula is C14H19ClN2O3. The van der Waals surface area contributed by atoms with E-state index >= 15 is 0 Å². The molecule has 0 spiro atoms. The number of benzene rings is 1. The van der Waals surface area contributed by atoms with E-state index in [9.17, 15) is 9.59 Å². The van der Waals surface area contributed by atoms with Crippen LogP contribution in [-0.2, 0) is 4.79 Å². The molecule has 1 amide bonds. The summed E-state index contributed by atoms with van der Waals surface area (Å²) in [5.41, 5.74) is 6.49. The second-order valence-electron chi connectivity index (χ2n) is 4.83. The van der Waals surface area contributed by atoms with Crippen LogP contribution >= 0.6 is 11.6 Å². The Bertz CT molecular complexity index is 503. The number of carbonyl (C=O) groups is 2. The average molecular weight is 299 g/mol. The summed E-state index contributed by atoms with van der Waals surface area (Å²) in [6, 6.07) is 4.72. The van der Waals surface area contributed by atoms with Crippen LogP contribution < -0.4 is 5.73 Å². The van der Waals surface area contributed by atoms with Crippen LogP contribution in [0.15, 0.2) is 18.2 Å². The smallest absolute Gasteiger partial charge is 0.303 e. The lowest BCUT2D eigenvalue weighted by atomic mass is 10.1. The zero-order valence-corrected chi connectivity index (χ0v) is 12.4. The second kappa shape index (κ2) is 7.14. The Kier molecular flexibility index (Phi) is 5.82. The molecule has 0 saturated heterocycles. The Balaban J connectivity index is 2.82. The predicted octanol–water partition coefficient (Wildman–Crippen LogP) is 2.64. The first kappa shape index (κ1) is 16.3. The van der Waals surface area contributed by atoms with Crippen molar-refractivity contribution in [2.24, 2.45) is 0 Å². The zero-order chi connectivity index (χ0) is 15.3. The highest BCUT2D eigenvalue weighted by Gasteiger charge is 2.19. The molecule has 3 N–H and O–H groups in total. The molecule has 5 nitrogen and oxygen atoms in total. The molecule has 1 rings (SSSR count). The maximum atomic E-state index is 12.4. The zero-order valence-electron chi connectivity index (χ0n) is 11.6. The maximum Gasteiger partial charge on any atom is 0.303 e. The quantitative estimate of drug-likeness (QED) is 0.791. The van der Waals surface area contributed by atoms with Crippen LogP contribution in [-0.4, -0.2) is 34.5 Å². The normalized spacial score (nSPS) is 10.6. The van der Waals surface area contributed by atoms with Gasteiger partial charge in [-0.1, -0.05) is 11.6 Å². The Morgan fingerprint density at radius 3 is 2.55 bits per heavy atom. The monoisotopic (exact) mass is 298 g/mol. The molecule has 0 heterocycles. The van der Waals surface area contributed by atoms with Gasteiger partial charge in [-0.3, -0.25) is 9.59 Å². The van der Waals surface area contributed by atoms with Crippen molar-refractivity contribution in [1.82, 2.24) is 4.90 Å². The number of hydrogen-bond acceptors (Lipinski definition) is 3. The van der Waals surface area contributed by atoms with Crippen molar-refractivity contribution in [2.75, 3.05) is 12.3 Å². The average Bonchev–Trinajstić information content (AvgIpc) is 2.36. The van der Waals surface area contributed by atoms with Crippen molar-refractivity contribution in [2.45, 2.75) is 32.7 Å².